The first-order valence-electron chi connectivity index (χ1n) is 8.61. The summed E-state index contributed by atoms with van der Waals surface area (Å²) < 4.78 is 27.2. The third kappa shape index (κ3) is 3.85. The van der Waals surface area contributed by atoms with Crippen molar-refractivity contribution in [3.8, 4) is 0 Å². The predicted octanol–water partition coefficient (Wildman–Crippen LogP) is 3.98. The van der Waals surface area contributed by atoms with Crippen molar-refractivity contribution in [2.24, 2.45) is 0 Å². The molecule has 0 aromatic heterocycles. The smallest absolute Gasteiger partial charge is 0.245 e. The topological polar surface area (TPSA) is 57.7 Å². The number of hydrogen-bond acceptors (Lipinski definition) is 3. The number of carbonyl (C=O) groups excluding carboxylic acids is 1. The normalized spacial score (nSPS) is 16.6. The molecule has 8 heteroatoms. The second-order valence-electron chi connectivity index (χ2n) is 6.45. The van der Waals surface area contributed by atoms with Crippen molar-refractivity contribution >= 4 is 44.8 Å². The molecule has 0 fully saturated rings. The Bertz CT molecular complexity index is 979. The van der Waals surface area contributed by atoms with E-state index in [1.165, 1.54) is 18.2 Å². The first-order chi connectivity index (χ1) is 12.8. The molecule has 0 spiro atoms. The number of fused-ring (bicyclic) bond motifs is 1. The lowest BCUT2D eigenvalue weighted by Gasteiger charge is -2.27. The highest BCUT2D eigenvalue weighted by molar-refractivity contribution is 7.89. The molecule has 144 valence electrons. The van der Waals surface area contributed by atoms with Gasteiger partial charge in [0.15, 0.2) is 0 Å². The van der Waals surface area contributed by atoms with Crippen molar-refractivity contribution in [2.75, 3.05) is 18.0 Å². The lowest BCUT2D eigenvalue weighted by atomic mass is 10.1. The zero-order chi connectivity index (χ0) is 19.8. The number of carbonyl (C=O) groups is 1. The molecule has 5 nitrogen and oxygen atoms in total. The van der Waals surface area contributed by atoms with Crippen LogP contribution < -0.4 is 4.90 Å². The molecule has 2 aromatic rings. The Morgan fingerprint density at radius 1 is 1.22 bits per heavy atom. The van der Waals surface area contributed by atoms with Gasteiger partial charge in [0.25, 0.3) is 0 Å². The van der Waals surface area contributed by atoms with Gasteiger partial charge in [0, 0.05) is 23.3 Å². The first-order valence-corrected chi connectivity index (χ1v) is 10.8. The molecule has 3 rings (SSSR count). The summed E-state index contributed by atoms with van der Waals surface area (Å²) in [6.07, 6.45) is 0.751. The number of benzene rings is 2. The van der Waals surface area contributed by atoms with E-state index in [4.69, 9.17) is 23.2 Å². The highest BCUT2D eigenvalue weighted by Gasteiger charge is 2.34. The summed E-state index contributed by atoms with van der Waals surface area (Å²) in [5, 5.41) is 0.340. The lowest BCUT2D eigenvalue weighted by molar-refractivity contribution is -0.119. The van der Waals surface area contributed by atoms with E-state index < -0.39 is 10.0 Å². The predicted molar refractivity (Wildman–Crippen MR) is 108 cm³/mol. The third-order valence-corrected chi connectivity index (χ3v) is 7.29. The second kappa shape index (κ2) is 7.80. The van der Waals surface area contributed by atoms with Crippen molar-refractivity contribution in [2.45, 2.75) is 31.2 Å². The molecule has 0 saturated heterocycles. The van der Waals surface area contributed by atoms with Gasteiger partial charge in [-0.3, -0.25) is 4.79 Å². The minimum Gasteiger partial charge on any atom is -0.308 e. The van der Waals surface area contributed by atoms with Crippen LogP contribution in [0.2, 0.25) is 10.0 Å². The van der Waals surface area contributed by atoms with Gasteiger partial charge < -0.3 is 4.90 Å². The minimum absolute atomic E-state index is 0.0222. The van der Waals surface area contributed by atoms with E-state index in [0.29, 0.717) is 0 Å². The number of anilines is 1. The van der Waals surface area contributed by atoms with E-state index >= 15 is 0 Å². The molecule has 0 saturated carbocycles. The molecular weight excluding hydrogens is 407 g/mol. The van der Waals surface area contributed by atoms with Crippen molar-refractivity contribution in [1.29, 1.82) is 0 Å². The van der Waals surface area contributed by atoms with Crippen LogP contribution >= 0.6 is 23.2 Å². The average molecular weight is 427 g/mol. The second-order valence-corrected chi connectivity index (χ2v) is 9.20. The van der Waals surface area contributed by atoms with Gasteiger partial charge in [-0.05, 0) is 43.2 Å². The summed E-state index contributed by atoms with van der Waals surface area (Å²) in [6, 6.07) is 11.9. The number of para-hydroxylation sites is 1. The summed E-state index contributed by atoms with van der Waals surface area (Å²) in [7, 11) is -3.95. The van der Waals surface area contributed by atoms with Crippen molar-refractivity contribution in [3.63, 3.8) is 0 Å². The van der Waals surface area contributed by atoms with Crippen LogP contribution in [0.3, 0.4) is 0 Å². The number of halogens is 2. The zero-order valence-corrected chi connectivity index (χ0v) is 17.4. The Balaban J connectivity index is 1.89. The Morgan fingerprint density at radius 2 is 1.93 bits per heavy atom. The fraction of sp³-hybridized carbons (Fsp3) is 0.316. The van der Waals surface area contributed by atoms with Crippen LogP contribution in [-0.2, 0) is 21.2 Å². The zero-order valence-electron chi connectivity index (χ0n) is 15.0. The number of nitrogens with zero attached hydrogens (tertiary/aromatic N) is 2. The Kier molecular flexibility index (Phi) is 5.82. The average Bonchev–Trinajstić information content (AvgIpc) is 2.97. The fourth-order valence-corrected chi connectivity index (χ4v) is 5.49. The van der Waals surface area contributed by atoms with Gasteiger partial charge >= 0.3 is 0 Å². The molecule has 1 aliphatic rings. The summed E-state index contributed by atoms with van der Waals surface area (Å²) in [5.74, 6) is -0.268. The molecule has 27 heavy (non-hydrogen) atoms. The van der Waals surface area contributed by atoms with Crippen LogP contribution in [0.4, 0.5) is 5.69 Å². The van der Waals surface area contributed by atoms with Gasteiger partial charge in [-0.15, -0.1) is 0 Å². The van der Waals surface area contributed by atoms with Gasteiger partial charge in [-0.1, -0.05) is 48.3 Å². The summed E-state index contributed by atoms with van der Waals surface area (Å²) in [6.45, 7) is 3.52. The van der Waals surface area contributed by atoms with Crippen LogP contribution in [0.25, 0.3) is 0 Å². The minimum atomic E-state index is -3.95. The van der Waals surface area contributed by atoms with Gasteiger partial charge in [0.2, 0.25) is 15.9 Å². The molecule has 0 bridgehead atoms. The number of likely N-dealkylation sites (N-methyl/N-ethyl adjacent to an activating group) is 1. The monoisotopic (exact) mass is 426 g/mol. The van der Waals surface area contributed by atoms with Gasteiger partial charge in [-0.2, -0.15) is 4.31 Å². The maximum absolute atomic E-state index is 13.0. The molecule has 1 heterocycles. The van der Waals surface area contributed by atoms with E-state index in [2.05, 4.69) is 0 Å². The summed E-state index contributed by atoms with van der Waals surface area (Å²) >= 11 is 12.0. The van der Waals surface area contributed by atoms with Crippen molar-refractivity contribution in [3.05, 3.63) is 58.1 Å². The van der Waals surface area contributed by atoms with E-state index in [0.717, 1.165) is 22.0 Å². The molecule has 0 aliphatic carbocycles. The quantitative estimate of drug-likeness (QED) is 0.726. The van der Waals surface area contributed by atoms with Crippen LogP contribution in [0, 0.1) is 0 Å². The highest BCUT2D eigenvalue weighted by Crippen LogP contribution is 2.33. The maximum atomic E-state index is 13.0. The molecule has 1 amide bonds. The van der Waals surface area contributed by atoms with Crippen molar-refractivity contribution in [1.82, 2.24) is 4.31 Å². The molecule has 0 unspecified atom stereocenters. The Labute approximate surface area is 169 Å². The Morgan fingerprint density at radius 3 is 2.63 bits per heavy atom. The summed E-state index contributed by atoms with van der Waals surface area (Å²) in [5.41, 5.74) is 1.92. The van der Waals surface area contributed by atoms with E-state index in [9.17, 15) is 13.2 Å². The number of rotatable bonds is 5. The Hall–Kier alpha value is -1.60. The first kappa shape index (κ1) is 20.1. The number of hydrogen-bond donors (Lipinski definition) is 0. The van der Waals surface area contributed by atoms with Gasteiger partial charge in [-0.25, -0.2) is 8.42 Å². The fourth-order valence-electron chi connectivity index (χ4n) is 3.35. The molecule has 0 N–H and O–H groups in total. The molecule has 1 aliphatic heterocycles. The SMILES string of the molecule is CCN(CC(=O)N1c2ccccc2C[C@@H]1C)S(=O)(=O)c1cc(Cl)ccc1Cl. The summed E-state index contributed by atoms with van der Waals surface area (Å²) in [4.78, 5) is 14.6. The van der Waals surface area contributed by atoms with Crippen LogP contribution in [0.5, 0.6) is 0 Å². The molecule has 2 aromatic carbocycles. The lowest BCUT2D eigenvalue weighted by Crippen LogP contribution is -2.45. The maximum Gasteiger partial charge on any atom is 0.245 e. The standard InChI is InChI=1S/C19H20Cl2N2O3S/c1-3-22(27(25,26)18-11-15(20)8-9-16(18)21)12-19(24)23-13(2)10-14-6-4-5-7-17(14)23/h4-9,11,13H,3,10,12H2,1-2H3/t13-/m0/s1. The number of sulfonamides is 1. The van der Waals surface area contributed by atoms with Crippen molar-refractivity contribution < 1.29 is 13.2 Å². The van der Waals surface area contributed by atoms with Gasteiger partial charge in [0.1, 0.15) is 4.90 Å². The van der Waals surface area contributed by atoms with E-state index in [1.807, 2.05) is 31.2 Å². The van der Waals surface area contributed by atoms with Crippen LogP contribution in [0.15, 0.2) is 47.4 Å². The number of amides is 1. The third-order valence-electron chi connectivity index (χ3n) is 4.65. The largest absolute Gasteiger partial charge is 0.308 e. The van der Waals surface area contributed by atoms with Gasteiger partial charge in [0.05, 0.1) is 11.6 Å². The van der Waals surface area contributed by atoms with Crippen LogP contribution in [0.1, 0.15) is 19.4 Å². The van der Waals surface area contributed by atoms with E-state index in [1.54, 1.807) is 11.8 Å². The molecule has 1 atom stereocenters. The molecule has 0 radical (unpaired) electrons. The highest BCUT2D eigenvalue weighted by atomic mass is 35.5. The van der Waals surface area contributed by atoms with E-state index in [-0.39, 0.29) is 40.0 Å². The molecular formula is C19H20Cl2N2O3S. The van der Waals surface area contributed by atoms with Crippen LogP contribution in [-0.4, -0.2) is 37.8 Å².